The molecule has 0 fully saturated rings. The highest BCUT2D eigenvalue weighted by molar-refractivity contribution is 6.35. The Bertz CT molecular complexity index is 896. The van der Waals surface area contributed by atoms with Crippen LogP contribution in [0, 0.1) is 0 Å². The van der Waals surface area contributed by atoms with Crippen LogP contribution in [0.1, 0.15) is 18.6 Å². The minimum atomic E-state index is -0.00540. The molecule has 0 bridgehead atoms. The van der Waals surface area contributed by atoms with E-state index in [9.17, 15) is 4.79 Å². The first-order chi connectivity index (χ1) is 12.0. The second-order valence-electron chi connectivity index (χ2n) is 5.53. The lowest BCUT2D eigenvalue weighted by Crippen LogP contribution is -2.26. The first-order valence-electron chi connectivity index (χ1n) is 7.74. The zero-order valence-electron chi connectivity index (χ0n) is 13.9. The number of amides is 1. The van der Waals surface area contributed by atoms with Crippen LogP contribution in [0.15, 0.2) is 35.0 Å². The Kier molecular flexibility index (Phi) is 5.14. The lowest BCUT2D eigenvalue weighted by Gasteiger charge is -2.12. The Balaban J connectivity index is 1.65. The lowest BCUT2D eigenvalue weighted by atomic mass is 10.2. The van der Waals surface area contributed by atoms with Crippen LogP contribution in [-0.4, -0.2) is 39.5 Å². The molecule has 0 saturated heterocycles. The highest BCUT2D eigenvalue weighted by Crippen LogP contribution is 2.29. The van der Waals surface area contributed by atoms with Gasteiger partial charge in [-0.3, -0.25) is 9.78 Å². The van der Waals surface area contributed by atoms with Crippen molar-refractivity contribution in [2.24, 2.45) is 0 Å². The largest absolute Gasteiger partial charge is 0.481 e. The van der Waals surface area contributed by atoms with Crippen LogP contribution in [0.4, 0.5) is 0 Å². The van der Waals surface area contributed by atoms with Gasteiger partial charge in [-0.15, -0.1) is 0 Å². The number of carbonyl (C=O) groups excluding carboxylic acids is 1. The van der Waals surface area contributed by atoms with Crippen LogP contribution in [0.3, 0.4) is 0 Å². The molecule has 0 aliphatic carbocycles. The number of benzene rings is 1. The summed E-state index contributed by atoms with van der Waals surface area (Å²) in [4.78, 5) is 21.4. The average Bonchev–Trinajstić information content (AvgIpc) is 3.07. The van der Waals surface area contributed by atoms with E-state index in [2.05, 4.69) is 15.1 Å². The van der Waals surface area contributed by atoms with E-state index in [1.54, 1.807) is 30.3 Å². The molecule has 0 aliphatic heterocycles. The van der Waals surface area contributed by atoms with E-state index in [0.29, 0.717) is 41.0 Å². The molecule has 7 nitrogen and oxygen atoms in total. The van der Waals surface area contributed by atoms with Crippen molar-refractivity contribution in [3.05, 3.63) is 47.2 Å². The van der Waals surface area contributed by atoms with E-state index in [0.717, 1.165) is 5.39 Å². The lowest BCUT2D eigenvalue weighted by molar-refractivity contribution is -0.127. The second kappa shape index (κ2) is 7.48. The zero-order chi connectivity index (χ0) is 17.8. The van der Waals surface area contributed by atoms with E-state index in [-0.39, 0.29) is 12.5 Å². The van der Waals surface area contributed by atoms with Gasteiger partial charge in [-0.05, 0) is 24.3 Å². The van der Waals surface area contributed by atoms with Gasteiger partial charge in [0, 0.05) is 38.5 Å². The maximum absolute atomic E-state index is 11.2. The Morgan fingerprint density at radius 1 is 1.36 bits per heavy atom. The molecule has 0 radical (unpaired) electrons. The molecule has 0 atom stereocenters. The molecule has 0 saturated carbocycles. The van der Waals surface area contributed by atoms with Crippen molar-refractivity contribution in [1.82, 2.24) is 20.0 Å². The number of fused-ring (bicyclic) bond motifs is 1. The van der Waals surface area contributed by atoms with Gasteiger partial charge in [0.05, 0.1) is 5.02 Å². The molecule has 0 spiro atoms. The number of hydrogen-bond donors (Lipinski definition) is 0. The van der Waals surface area contributed by atoms with E-state index in [1.807, 2.05) is 12.1 Å². The fourth-order valence-corrected chi connectivity index (χ4v) is 2.46. The van der Waals surface area contributed by atoms with Gasteiger partial charge in [0.25, 0.3) is 5.89 Å². The maximum Gasteiger partial charge on any atom is 0.264 e. The Labute approximate surface area is 149 Å². The molecular weight excluding hydrogens is 344 g/mol. The molecule has 0 unspecified atom stereocenters. The highest BCUT2D eigenvalue weighted by Gasteiger charge is 2.11. The topological polar surface area (TPSA) is 81.4 Å². The number of aromatic nitrogens is 3. The van der Waals surface area contributed by atoms with Crippen LogP contribution >= 0.6 is 11.6 Å². The Morgan fingerprint density at radius 3 is 3.00 bits per heavy atom. The number of hydrogen-bond acceptors (Lipinski definition) is 6. The molecule has 3 aromatic rings. The molecule has 1 amide bonds. The molecule has 0 N–H and O–H groups in total. The average molecular weight is 361 g/mol. The van der Waals surface area contributed by atoms with Crippen molar-refractivity contribution in [3.63, 3.8) is 0 Å². The van der Waals surface area contributed by atoms with Crippen LogP contribution in [0.2, 0.25) is 5.02 Å². The first kappa shape index (κ1) is 17.2. The Morgan fingerprint density at radius 2 is 2.20 bits per heavy atom. The minimum Gasteiger partial charge on any atom is -0.481 e. The van der Waals surface area contributed by atoms with Gasteiger partial charge < -0.3 is 14.2 Å². The van der Waals surface area contributed by atoms with Crippen LogP contribution in [0.25, 0.3) is 10.9 Å². The van der Waals surface area contributed by atoms with Gasteiger partial charge in [-0.1, -0.05) is 16.8 Å². The van der Waals surface area contributed by atoms with Crippen molar-refractivity contribution >= 4 is 28.4 Å². The quantitative estimate of drug-likeness (QED) is 0.672. The van der Waals surface area contributed by atoms with Gasteiger partial charge in [0.2, 0.25) is 5.91 Å². The van der Waals surface area contributed by atoms with Crippen molar-refractivity contribution in [2.45, 2.75) is 20.0 Å². The summed E-state index contributed by atoms with van der Waals surface area (Å²) in [5, 5.41) is 5.33. The number of likely N-dealkylation sites (N-methyl/N-ethyl adjacent to an activating group) is 1. The van der Waals surface area contributed by atoms with Gasteiger partial charge in [-0.2, -0.15) is 4.98 Å². The predicted molar refractivity (Wildman–Crippen MR) is 92.4 cm³/mol. The second-order valence-corrected chi connectivity index (χ2v) is 5.94. The van der Waals surface area contributed by atoms with Gasteiger partial charge in [-0.25, -0.2) is 0 Å². The standard InChI is InChI=1S/C17H17ClN4O3/c1-11(23)22(2)9-7-15-20-16(25-21-15)10-24-14-6-5-13(18)12-4-3-8-19-17(12)14/h3-6,8H,7,9-10H2,1-2H3. The summed E-state index contributed by atoms with van der Waals surface area (Å²) in [6.45, 7) is 2.17. The molecule has 0 aliphatic rings. The normalized spacial score (nSPS) is 10.8. The third-order valence-corrected chi connectivity index (χ3v) is 4.08. The summed E-state index contributed by atoms with van der Waals surface area (Å²) in [5.74, 6) is 1.48. The summed E-state index contributed by atoms with van der Waals surface area (Å²) in [5.41, 5.74) is 0.679. The summed E-state index contributed by atoms with van der Waals surface area (Å²) in [6.07, 6.45) is 2.20. The van der Waals surface area contributed by atoms with Crippen LogP contribution < -0.4 is 4.74 Å². The van der Waals surface area contributed by atoms with E-state index in [1.165, 1.54) is 6.92 Å². The van der Waals surface area contributed by atoms with Crippen molar-refractivity contribution in [1.29, 1.82) is 0 Å². The molecule has 25 heavy (non-hydrogen) atoms. The number of halogens is 1. The van der Waals surface area contributed by atoms with Crippen LogP contribution in [-0.2, 0) is 17.8 Å². The fraction of sp³-hybridized carbons (Fsp3) is 0.294. The fourth-order valence-electron chi connectivity index (χ4n) is 2.24. The molecule has 8 heteroatoms. The summed E-state index contributed by atoms with van der Waals surface area (Å²) >= 11 is 6.17. The number of rotatable bonds is 6. The zero-order valence-corrected chi connectivity index (χ0v) is 14.7. The van der Waals surface area contributed by atoms with Gasteiger partial charge >= 0.3 is 0 Å². The van der Waals surface area contributed by atoms with Crippen molar-refractivity contribution in [3.8, 4) is 5.75 Å². The summed E-state index contributed by atoms with van der Waals surface area (Å²) in [7, 11) is 1.73. The molecule has 2 aromatic heterocycles. The minimum absolute atomic E-state index is 0.00540. The van der Waals surface area contributed by atoms with Crippen molar-refractivity contribution < 1.29 is 14.1 Å². The van der Waals surface area contributed by atoms with Crippen molar-refractivity contribution in [2.75, 3.05) is 13.6 Å². The highest BCUT2D eigenvalue weighted by atomic mass is 35.5. The number of pyridine rings is 1. The monoisotopic (exact) mass is 360 g/mol. The van der Waals surface area contributed by atoms with Gasteiger partial charge in [0.15, 0.2) is 12.4 Å². The Hall–Kier alpha value is -2.67. The third kappa shape index (κ3) is 4.06. The van der Waals surface area contributed by atoms with E-state index < -0.39 is 0 Å². The number of nitrogens with zero attached hydrogens (tertiary/aromatic N) is 4. The molecule has 3 rings (SSSR count). The number of ether oxygens (including phenoxy) is 1. The summed E-state index contributed by atoms with van der Waals surface area (Å²) < 4.78 is 10.9. The van der Waals surface area contributed by atoms with Gasteiger partial charge in [0.1, 0.15) is 11.3 Å². The maximum atomic E-state index is 11.2. The third-order valence-electron chi connectivity index (χ3n) is 3.75. The van der Waals surface area contributed by atoms with Crippen LogP contribution in [0.5, 0.6) is 5.75 Å². The smallest absolute Gasteiger partial charge is 0.264 e. The number of carbonyl (C=O) groups is 1. The predicted octanol–water partition coefficient (Wildman–Crippen LogP) is 2.87. The summed E-state index contributed by atoms with van der Waals surface area (Å²) in [6, 6.07) is 7.22. The molecule has 1 aromatic carbocycles. The molecule has 2 heterocycles. The first-order valence-corrected chi connectivity index (χ1v) is 8.11. The van der Waals surface area contributed by atoms with E-state index >= 15 is 0 Å². The molecular formula is C17H17ClN4O3. The SMILES string of the molecule is CC(=O)N(C)CCc1noc(COc2ccc(Cl)c3cccnc23)n1. The van der Waals surface area contributed by atoms with E-state index in [4.69, 9.17) is 20.9 Å². The molecule has 130 valence electrons.